The molecule has 0 spiro atoms. The summed E-state index contributed by atoms with van der Waals surface area (Å²) in [6.45, 7) is 3.84. The van der Waals surface area contributed by atoms with Crippen molar-refractivity contribution < 1.29 is 14.9 Å². The van der Waals surface area contributed by atoms with Gasteiger partial charge in [0.2, 0.25) is 0 Å². The van der Waals surface area contributed by atoms with Gasteiger partial charge >= 0.3 is 0 Å². The van der Waals surface area contributed by atoms with Gasteiger partial charge in [0.1, 0.15) is 0 Å². The van der Waals surface area contributed by atoms with Gasteiger partial charge in [0, 0.05) is 26.8 Å². The molecule has 0 radical (unpaired) electrons. The van der Waals surface area contributed by atoms with E-state index in [0.717, 1.165) is 51.9 Å². The molecule has 0 aromatic heterocycles. The van der Waals surface area contributed by atoms with Crippen LogP contribution in [0.4, 0.5) is 0 Å². The van der Waals surface area contributed by atoms with Crippen LogP contribution in [0.5, 0.6) is 0 Å². The Bertz CT molecular complexity index is 122. The molecular weight excluding hydrogens is 194 g/mol. The van der Waals surface area contributed by atoms with Crippen molar-refractivity contribution in [2.45, 2.75) is 25.7 Å². The van der Waals surface area contributed by atoms with E-state index >= 15 is 0 Å². The van der Waals surface area contributed by atoms with Gasteiger partial charge in [-0.3, -0.25) is 4.90 Å². The van der Waals surface area contributed by atoms with Crippen LogP contribution in [-0.4, -0.2) is 61.7 Å². The average molecular weight is 219 g/mol. The number of ether oxygens (including phenoxy) is 1. The SMILES string of the molecule is COCCN(CCO)CCCCCCO. The van der Waals surface area contributed by atoms with Crippen LogP contribution in [0, 0.1) is 0 Å². The second kappa shape index (κ2) is 11.9. The van der Waals surface area contributed by atoms with Crippen LogP contribution in [0.25, 0.3) is 0 Å². The van der Waals surface area contributed by atoms with Crippen LogP contribution < -0.4 is 0 Å². The topological polar surface area (TPSA) is 52.9 Å². The molecule has 15 heavy (non-hydrogen) atoms. The number of unbranched alkanes of at least 4 members (excludes halogenated alkanes) is 3. The van der Waals surface area contributed by atoms with E-state index in [4.69, 9.17) is 14.9 Å². The fraction of sp³-hybridized carbons (Fsp3) is 1.00. The van der Waals surface area contributed by atoms with Gasteiger partial charge in [-0.05, 0) is 19.4 Å². The smallest absolute Gasteiger partial charge is 0.0589 e. The zero-order valence-corrected chi connectivity index (χ0v) is 9.82. The zero-order valence-electron chi connectivity index (χ0n) is 9.82. The maximum atomic E-state index is 8.86. The Morgan fingerprint density at radius 2 is 1.60 bits per heavy atom. The number of hydrogen-bond donors (Lipinski definition) is 2. The Morgan fingerprint density at radius 1 is 0.867 bits per heavy atom. The number of aliphatic hydroxyl groups is 2. The average Bonchev–Trinajstić information content (AvgIpc) is 2.25. The summed E-state index contributed by atoms with van der Waals surface area (Å²) < 4.78 is 5.01. The summed E-state index contributed by atoms with van der Waals surface area (Å²) in [5.41, 5.74) is 0. The highest BCUT2D eigenvalue weighted by Crippen LogP contribution is 2.01. The standard InChI is InChI=1S/C11H25NO3/c1-15-11-8-12(7-10-14)6-4-2-3-5-9-13/h13-14H,2-11H2,1H3. The van der Waals surface area contributed by atoms with Crippen molar-refractivity contribution >= 4 is 0 Å². The van der Waals surface area contributed by atoms with Gasteiger partial charge in [0.25, 0.3) is 0 Å². The van der Waals surface area contributed by atoms with Gasteiger partial charge in [-0.15, -0.1) is 0 Å². The normalized spacial score (nSPS) is 11.2. The fourth-order valence-electron chi connectivity index (χ4n) is 1.50. The quantitative estimate of drug-likeness (QED) is 0.496. The summed E-state index contributed by atoms with van der Waals surface area (Å²) in [7, 11) is 1.69. The highest BCUT2D eigenvalue weighted by molar-refractivity contribution is 4.57. The van der Waals surface area contributed by atoms with Crippen LogP contribution in [0.3, 0.4) is 0 Å². The summed E-state index contributed by atoms with van der Waals surface area (Å²) in [6, 6.07) is 0. The van der Waals surface area contributed by atoms with Crippen molar-refractivity contribution in [3.63, 3.8) is 0 Å². The van der Waals surface area contributed by atoms with E-state index in [1.165, 1.54) is 0 Å². The van der Waals surface area contributed by atoms with E-state index in [2.05, 4.69) is 4.90 Å². The Kier molecular flexibility index (Phi) is 11.8. The molecule has 0 rings (SSSR count). The van der Waals surface area contributed by atoms with Crippen molar-refractivity contribution in [3.05, 3.63) is 0 Å². The van der Waals surface area contributed by atoms with Crippen molar-refractivity contribution in [2.75, 3.05) is 46.6 Å². The summed E-state index contributed by atoms with van der Waals surface area (Å²) in [6.07, 6.45) is 4.27. The molecule has 4 heteroatoms. The third kappa shape index (κ3) is 10.1. The minimum absolute atomic E-state index is 0.209. The Hall–Kier alpha value is -0.160. The van der Waals surface area contributed by atoms with E-state index in [1.54, 1.807) is 7.11 Å². The Balaban J connectivity index is 3.38. The molecule has 0 aromatic carbocycles. The highest BCUT2D eigenvalue weighted by Gasteiger charge is 2.02. The summed E-state index contributed by atoms with van der Waals surface area (Å²) in [5.74, 6) is 0. The van der Waals surface area contributed by atoms with Crippen LogP contribution >= 0.6 is 0 Å². The van der Waals surface area contributed by atoms with Gasteiger partial charge in [-0.1, -0.05) is 12.8 Å². The van der Waals surface area contributed by atoms with E-state index in [1.807, 2.05) is 0 Å². The van der Waals surface area contributed by atoms with Crippen molar-refractivity contribution in [2.24, 2.45) is 0 Å². The van der Waals surface area contributed by atoms with E-state index in [-0.39, 0.29) is 6.61 Å². The summed E-state index contributed by atoms with van der Waals surface area (Å²) in [4.78, 5) is 2.21. The minimum atomic E-state index is 0.209. The van der Waals surface area contributed by atoms with Crippen LogP contribution in [-0.2, 0) is 4.74 Å². The third-order valence-electron chi connectivity index (χ3n) is 2.41. The second-order valence-corrected chi connectivity index (χ2v) is 3.70. The predicted molar refractivity (Wildman–Crippen MR) is 61.0 cm³/mol. The van der Waals surface area contributed by atoms with Crippen LogP contribution in [0.2, 0.25) is 0 Å². The molecule has 0 atom stereocenters. The molecule has 2 N–H and O–H groups in total. The predicted octanol–water partition coefficient (Wildman–Crippen LogP) is 0.480. The number of nitrogens with zero attached hydrogens (tertiary/aromatic N) is 1. The second-order valence-electron chi connectivity index (χ2n) is 3.70. The van der Waals surface area contributed by atoms with Crippen LogP contribution in [0.1, 0.15) is 25.7 Å². The molecule has 0 aromatic rings. The first kappa shape index (κ1) is 14.8. The number of rotatable bonds is 11. The van der Waals surface area contributed by atoms with E-state index in [9.17, 15) is 0 Å². The first-order chi connectivity index (χ1) is 7.35. The zero-order chi connectivity index (χ0) is 11.4. The van der Waals surface area contributed by atoms with Gasteiger partial charge in [0.15, 0.2) is 0 Å². The Morgan fingerprint density at radius 3 is 2.20 bits per heavy atom. The molecule has 0 bridgehead atoms. The van der Waals surface area contributed by atoms with Crippen molar-refractivity contribution in [3.8, 4) is 0 Å². The molecule has 4 nitrogen and oxygen atoms in total. The lowest BCUT2D eigenvalue weighted by molar-refractivity contribution is 0.129. The minimum Gasteiger partial charge on any atom is -0.396 e. The molecular formula is C11H25NO3. The highest BCUT2D eigenvalue weighted by atomic mass is 16.5. The molecule has 0 heterocycles. The molecule has 0 saturated heterocycles. The first-order valence-corrected chi connectivity index (χ1v) is 5.78. The van der Waals surface area contributed by atoms with Gasteiger partial charge in [0.05, 0.1) is 13.2 Å². The third-order valence-corrected chi connectivity index (χ3v) is 2.41. The molecule has 0 amide bonds. The van der Waals surface area contributed by atoms with Gasteiger partial charge < -0.3 is 14.9 Å². The first-order valence-electron chi connectivity index (χ1n) is 5.78. The van der Waals surface area contributed by atoms with E-state index in [0.29, 0.717) is 6.61 Å². The monoisotopic (exact) mass is 219 g/mol. The van der Waals surface area contributed by atoms with Crippen molar-refractivity contribution in [1.29, 1.82) is 0 Å². The molecule has 92 valence electrons. The number of methoxy groups -OCH3 is 1. The molecule has 0 unspecified atom stereocenters. The maximum absolute atomic E-state index is 8.86. The lowest BCUT2D eigenvalue weighted by atomic mass is 10.2. The van der Waals surface area contributed by atoms with E-state index < -0.39 is 0 Å². The summed E-state index contributed by atoms with van der Waals surface area (Å²) in [5, 5.41) is 17.5. The number of aliphatic hydroxyl groups excluding tert-OH is 2. The van der Waals surface area contributed by atoms with Crippen molar-refractivity contribution in [1.82, 2.24) is 4.90 Å². The molecule has 0 aliphatic carbocycles. The summed E-state index contributed by atoms with van der Waals surface area (Å²) >= 11 is 0. The maximum Gasteiger partial charge on any atom is 0.0589 e. The van der Waals surface area contributed by atoms with Gasteiger partial charge in [-0.2, -0.15) is 0 Å². The molecule has 0 fully saturated rings. The molecule has 0 aliphatic rings. The lowest BCUT2D eigenvalue weighted by Crippen LogP contribution is -2.31. The molecule has 0 saturated carbocycles. The van der Waals surface area contributed by atoms with Gasteiger partial charge in [-0.25, -0.2) is 0 Å². The lowest BCUT2D eigenvalue weighted by Gasteiger charge is -2.20. The molecule has 0 aliphatic heterocycles. The Labute approximate surface area is 92.9 Å². The van der Waals surface area contributed by atoms with Crippen LogP contribution in [0.15, 0.2) is 0 Å². The largest absolute Gasteiger partial charge is 0.396 e. The number of hydrogen-bond acceptors (Lipinski definition) is 4. The fourth-order valence-corrected chi connectivity index (χ4v) is 1.50.